The van der Waals surface area contributed by atoms with Gasteiger partial charge in [-0.1, -0.05) is 11.2 Å². The molecule has 0 spiro atoms. The quantitative estimate of drug-likeness (QED) is 0.804. The third-order valence-corrected chi connectivity index (χ3v) is 4.02. The highest BCUT2D eigenvalue weighted by Crippen LogP contribution is 2.28. The van der Waals surface area contributed by atoms with Gasteiger partial charge in [0.25, 0.3) is 0 Å². The Hall–Kier alpha value is -2.47. The molecule has 3 aromatic heterocycles. The molecule has 0 saturated carbocycles. The van der Waals surface area contributed by atoms with Crippen LogP contribution in [0.5, 0.6) is 0 Å². The number of H-pyrrole nitrogens is 1. The predicted molar refractivity (Wildman–Crippen MR) is 83.0 cm³/mol. The van der Waals surface area contributed by atoms with Gasteiger partial charge in [-0.15, -0.1) is 0 Å². The van der Waals surface area contributed by atoms with E-state index in [1.165, 1.54) is 16.5 Å². The van der Waals surface area contributed by atoms with E-state index in [-0.39, 0.29) is 0 Å². The smallest absolute Gasteiger partial charge is 0.240 e. The average Bonchev–Trinajstić information content (AvgIpc) is 3.14. The molecular weight excluding hydrogens is 278 g/mol. The van der Waals surface area contributed by atoms with E-state index < -0.39 is 0 Å². The first-order valence-corrected chi connectivity index (χ1v) is 7.42. The van der Waals surface area contributed by atoms with Crippen LogP contribution in [0, 0.1) is 6.92 Å². The van der Waals surface area contributed by atoms with E-state index in [4.69, 9.17) is 4.52 Å². The second-order valence-electron chi connectivity index (χ2n) is 5.55. The number of rotatable bonds is 3. The summed E-state index contributed by atoms with van der Waals surface area (Å²) in [6.45, 7) is 4.43. The molecule has 1 N–H and O–H groups in total. The van der Waals surface area contributed by atoms with E-state index >= 15 is 0 Å². The van der Waals surface area contributed by atoms with Gasteiger partial charge in [0.05, 0.1) is 6.54 Å². The fourth-order valence-electron chi connectivity index (χ4n) is 2.92. The molecule has 4 heterocycles. The Morgan fingerprint density at radius 3 is 3.14 bits per heavy atom. The van der Waals surface area contributed by atoms with Gasteiger partial charge in [0.1, 0.15) is 5.65 Å². The molecule has 3 aromatic rings. The molecule has 0 aliphatic carbocycles. The molecule has 0 aromatic carbocycles. The number of aromatic amines is 1. The molecule has 112 valence electrons. The fourth-order valence-corrected chi connectivity index (χ4v) is 2.92. The second-order valence-corrected chi connectivity index (χ2v) is 5.55. The number of fused-ring (bicyclic) bond motifs is 1. The molecule has 6 heteroatoms. The van der Waals surface area contributed by atoms with Crippen LogP contribution in [0.3, 0.4) is 0 Å². The first-order valence-electron chi connectivity index (χ1n) is 7.42. The summed E-state index contributed by atoms with van der Waals surface area (Å²) in [6.07, 6.45) is 7.16. The van der Waals surface area contributed by atoms with Gasteiger partial charge < -0.3 is 9.51 Å². The lowest BCUT2D eigenvalue weighted by molar-refractivity contribution is 0.245. The summed E-state index contributed by atoms with van der Waals surface area (Å²) in [5.74, 6) is 1.38. The molecular formula is C16H17N5O. The van der Waals surface area contributed by atoms with E-state index in [1.54, 1.807) is 0 Å². The molecule has 1 aliphatic heterocycles. The summed E-state index contributed by atoms with van der Waals surface area (Å²) >= 11 is 0. The van der Waals surface area contributed by atoms with Gasteiger partial charge in [0, 0.05) is 36.4 Å². The van der Waals surface area contributed by atoms with Crippen molar-refractivity contribution in [2.24, 2.45) is 0 Å². The van der Waals surface area contributed by atoms with Crippen molar-refractivity contribution in [3.63, 3.8) is 0 Å². The van der Waals surface area contributed by atoms with Crippen molar-refractivity contribution in [2.45, 2.75) is 19.9 Å². The molecule has 0 bridgehead atoms. The van der Waals surface area contributed by atoms with Gasteiger partial charge in [-0.25, -0.2) is 4.98 Å². The standard InChI is InChI=1S/C16H17N5O/c1-11-19-15(22-20-11)10-21-7-4-12(5-8-21)14-9-18-16-13(14)3-2-6-17-16/h2-4,6,9H,5,7-8,10H2,1H3,(H,17,18). The average molecular weight is 295 g/mol. The molecule has 0 unspecified atom stereocenters. The lowest BCUT2D eigenvalue weighted by Gasteiger charge is -2.24. The van der Waals surface area contributed by atoms with Crippen LogP contribution in [-0.2, 0) is 6.54 Å². The first kappa shape index (κ1) is 13.2. The van der Waals surface area contributed by atoms with Crippen molar-refractivity contribution < 1.29 is 4.52 Å². The molecule has 1 aliphatic rings. The second kappa shape index (κ2) is 5.38. The molecule has 0 atom stereocenters. The van der Waals surface area contributed by atoms with Crippen molar-refractivity contribution in [3.8, 4) is 0 Å². The highest BCUT2D eigenvalue weighted by molar-refractivity contribution is 5.90. The Labute approximate surface area is 127 Å². The van der Waals surface area contributed by atoms with Gasteiger partial charge in [-0.3, -0.25) is 4.90 Å². The molecule has 22 heavy (non-hydrogen) atoms. The zero-order valence-corrected chi connectivity index (χ0v) is 12.4. The Morgan fingerprint density at radius 2 is 2.36 bits per heavy atom. The van der Waals surface area contributed by atoms with E-state index in [0.717, 1.165) is 25.2 Å². The minimum atomic E-state index is 0.686. The minimum Gasteiger partial charge on any atom is -0.346 e. The number of aryl methyl sites for hydroxylation is 1. The van der Waals surface area contributed by atoms with Crippen molar-refractivity contribution in [1.29, 1.82) is 0 Å². The fraction of sp³-hybridized carbons (Fsp3) is 0.312. The Morgan fingerprint density at radius 1 is 1.41 bits per heavy atom. The highest BCUT2D eigenvalue weighted by atomic mass is 16.5. The lowest BCUT2D eigenvalue weighted by atomic mass is 9.99. The zero-order chi connectivity index (χ0) is 14.9. The summed E-state index contributed by atoms with van der Waals surface area (Å²) in [5, 5.41) is 5.02. The Balaban J connectivity index is 1.51. The van der Waals surface area contributed by atoms with Crippen LogP contribution >= 0.6 is 0 Å². The number of pyridine rings is 1. The molecule has 0 saturated heterocycles. The number of nitrogens with one attached hydrogen (secondary N) is 1. The van der Waals surface area contributed by atoms with Gasteiger partial charge in [0.15, 0.2) is 5.82 Å². The van der Waals surface area contributed by atoms with Crippen LogP contribution in [0.25, 0.3) is 16.6 Å². The molecule has 0 amide bonds. The number of aromatic nitrogens is 4. The zero-order valence-electron chi connectivity index (χ0n) is 12.4. The van der Waals surface area contributed by atoms with E-state index in [9.17, 15) is 0 Å². The topological polar surface area (TPSA) is 70.8 Å². The van der Waals surface area contributed by atoms with Crippen LogP contribution in [0.15, 0.2) is 35.1 Å². The third kappa shape index (κ3) is 2.42. The SMILES string of the molecule is Cc1noc(CN2CC=C(c3c[nH]c4ncccc34)CC2)n1. The van der Waals surface area contributed by atoms with Crippen molar-refractivity contribution >= 4 is 16.6 Å². The summed E-state index contributed by atoms with van der Waals surface area (Å²) in [7, 11) is 0. The largest absolute Gasteiger partial charge is 0.346 e. The van der Waals surface area contributed by atoms with E-state index in [0.29, 0.717) is 18.3 Å². The number of hydrogen-bond donors (Lipinski definition) is 1. The summed E-state index contributed by atoms with van der Waals surface area (Å²) < 4.78 is 5.19. The summed E-state index contributed by atoms with van der Waals surface area (Å²) in [4.78, 5) is 14.2. The van der Waals surface area contributed by atoms with Crippen LogP contribution in [0.4, 0.5) is 0 Å². The number of nitrogens with zero attached hydrogens (tertiary/aromatic N) is 4. The van der Waals surface area contributed by atoms with Gasteiger partial charge >= 0.3 is 0 Å². The van der Waals surface area contributed by atoms with Crippen LogP contribution < -0.4 is 0 Å². The third-order valence-electron chi connectivity index (χ3n) is 4.02. The maximum Gasteiger partial charge on any atom is 0.240 e. The molecule has 0 fully saturated rings. The molecule has 6 nitrogen and oxygen atoms in total. The summed E-state index contributed by atoms with van der Waals surface area (Å²) in [5.41, 5.74) is 3.58. The van der Waals surface area contributed by atoms with Crippen molar-refractivity contribution in [3.05, 3.63) is 47.9 Å². The van der Waals surface area contributed by atoms with Crippen molar-refractivity contribution in [1.82, 2.24) is 25.0 Å². The van der Waals surface area contributed by atoms with Crippen molar-refractivity contribution in [2.75, 3.05) is 13.1 Å². The van der Waals surface area contributed by atoms with E-state index in [1.807, 2.05) is 19.2 Å². The van der Waals surface area contributed by atoms with Gasteiger partial charge in [-0.2, -0.15) is 4.98 Å². The first-order chi connectivity index (χ1) is 10.8. The van der Waals surface area contributed by atoms with Crippen LogP contribution in [0.1, 0.15) is 23.7 Å². The Bertz CT molecular complexity index is 832. The normalized spacial score (nSPS) is 16.1. The van der Waals surface area contributed by atoms with Gasteiger partial charge in [-0.05, 0) is 31.1 Å². The monoisotopic (exact) mass is 295 g/mol. The minimum absolute atomic E-state index is 0.686. The maximum absolute atomic E-state index is 5.19. The van der Waals surface area contributed by atoms with Crippen LogP contribution in [0.2, 0.25) is 0 Å². The molecule has 0 radical (unpaired) electrons. The Kier molecular flexibility index (Phi) is 3.23. The number of hydrogen-bond acceptors (Lipinski definition) is 5. The lowest BCUT2D eigenvalue weighted by Crippen LogP contribution is -2.28. The highest BCUT2D eigenvalue weighted by Gasteiger charge is 2.17. The molecule has 4 rings (SSSR count). The van der Waals surface area contributed by atoms with Gasteiger partial charge in [0.2, 0.25) is 5.89 Å². The maximum atomic E-state index is 5.19. The van der Waals surface area contributed by atoms with E-state index in [2.05, 4.69) is 43.3 Å². The predicted octanol–water partition coefficient (Wildman–Crippen LogP) is 2.54. The van der Waals surface area contributed by atoms with Crippen LogP contribution in [-0.4, -0.2) is 38.1 Å². The summed E-state index contributed by atoms with van der Waals surface area (Å²) in [6, 6.07) is 4.09.